The lowest BCUT2D eigenvalue weighted by molar-refractivity contribution is 0.150. The molecule has 0 unspecified atom stereocenters. The Balaban J connectivity index is 1.44. The quantitative estimate of drug-likeness (QED) is 0.607. The Kier molecular flexibility index (Phi) is 6.92. The predicted molar refractivity (Wildman–Crippen MR) is 111 cm³/mol. The van der Waals surface area contributed by atoms with Crippen molar-refractivity contribution >= 4 is 17.3 Å². The summed E-state index contributed by atoms with van der Waals surface area (Å²) < 4.78 is 0. The lowest BCUT2D eigenvalue weighted by Gasteiger charge is -2.36. The van der Waals surface area contributed by atoms with E-state index in [1.807, 2.05) is 7.05 Å². The molecular weight excluding hydrogens is 342 g/mol. The summed E-state index contributed by atoms with van der Waals surface area (Å²) in [5, 5.41) is 8.22. The maximum Gasteiger partial charge on any atom is 0.191 e. The van der Waals surface area contributed by atoms with Gasteiger partial charge in [0.25, 0.3) is 0 Å². The van der Waals surface area contributed by atoms with Crippen LogP contribution in [0.15, 0.2) is 4.99 Å². The molecule has 6 heteroatoms. The first-order valence-corrected chi connectivity index (χ1v) is 11.1. The number of aromatic nitrogens is 1. The fourth-order valence-corrected chi connectivity index (χ4v) is 5.33. The highest BCUT2D eigenvalue weighted by atomic mass is 32.1. The van der Waals surface area contributed by atoms with Crippen molar-refractivity contribution in [2.24, 2.45) is 4.99 Å². The van der Waals surface area contributed by atoms with E-state index in [0.29, 0.717) is 12.0 Å². The van der Waals surface area contributed by atoms with Crippen LogP contribution in [0.2, 0.25) is 0 Å². The van der Waals surface area contributed by atoms with E-state index in [2.05, 4.69) is 41.3 Å². The van der Waals surface area contributed by atoms with Crippen molar-refractivity contribution < 1.29 is 0 Å². The van der Waals surface area contributed by atoms with Gasteiger partial charge < -0.3 is 15.5 Å². The van der Waals surface area contributed by atoms with E-state index >= 15 is 0 Å². The van der Waals surface area contributed by atoms with Gasteiger partial charge in [-0.05, 0) is 38.5 Å². The van der Waals surface area contributed by atoms with Crippen molar-refractivity contribution in [1.29, 1.82) is 0 Å². The van der Waals surface area contributed by atoms with Crippen LogP contribution < -0.4 is 10.6 Å². The second kappa shape index (κ2) is 9.18. The van der Waals surface area contributed by atoms with E-state index < -0.39 is 0 Å². The third-order valence-corrected chi connectivity index (χ3v) is 6.75. The summed E-state index contributed by atoms with van der Waals surface area (Å²) in [4.78, 5) is 13.2. The summed E-state index contributed by atoms with van der Waals surface area (Å²) in [6.45, 7) is 9.78. The second-order valence-electron chi connectivity index (χ2n) is 8.02. The lowest BCUT2D eigenvalue weighted by Crippen LogP contribution is -2.50. The molecule has 0 spiro atoms. The van der Waals surface area contributed by atoms with Crippen LogP contribution >= 0.6 is 11.3 Å². The molecule has 0 amide bonds. The van der Waals surface area contributed by atoms with Gasteiger partial charge in [-0.15, -0.1) is 11.3 Å². The van der Waals surface area contributed by atoms with Crippen LogP contribution in [0.4, 0.5) is 0 Å². The Morgan fingerprint density at radius 1 is 1.23 bits per heavy atom. The molecule has 1 saturated heterocycles. The Morgan fingerprint density at radius 3 is 2.50 bits per heavy atom. The van der Waals surface area contributed by atoms with Crippen LogP contribution in [0.25, 0.3) is 0 Å². The average Bonchev–Trinajstić information content (AvgIpc) is 3.29. The number of piperidine rings is 1. The molecule has 0 radical (unpaired) electrons. The fourth-order valence-electron chi connectivity index (χ4n) is 4.30. The van der Waals surface area contributed by atoms with Gasteiger partial charge in [0.05, 0.1) is 12.2 Å². The zero-order valence-corrected chi connectivity index (χ0v) is 17.7. The van der Waals surface area contributed by atoms with Crippen molar-refractivity contribution in [2.75, 3.05) is 20.1 Å². The van der Waals surface area contributed by atoms with Gasteiger partial charge in [0.2, 0.25) is 0 Å². The Labute approximate surface area is 162 Å². The van der Waals surface area contributed by atoms with Gasteiger partial charge in [-0.25, -0.2) is 4.98 Å². The van der Waals surface area contributed by atoms with Crippen LogP contribution in [0, 0.1) is 6.92 Å². The van der Waals surface area contributed by atoms with E-state index in [-0.39, 0.29) is 0 Å². The smallest absolute Gasteiger partial charge is 0.191 e. The number of hydrogen-bond acceptors (Lipinski definition) is 4. The molecular formula is C20H35N5S. The van der Waals surface area contributed by atoms with Crippen LogP contribution in [-0.2, 0) is 6.54 Å². The maximum absolute atomic E-state index is 4.78. The van der Waals surface area contributed by atoms with E-state index in [0.717, 1.165) is 23.6 Å². The van der Waals surface area contributed by atoms with E-state index in [4.69, 9.17) is 4.98 Å². The lowest BCUT2D eigenvalue weighted by atomic mass is 10.0. The highest BCUT2D eigenvalue weighted by molar-refractivity contribution is 7.11. The molecule has 0 atom stereocenters. The van der Waals surface area contributed by atoms with Crippen molar-refractivity contribution in [2.45, 2.75) is 83.8 Å². The average molecular weight is 378 g/mol. The van der Waals surface area contributed by atoms with Gasteiger partial charge in [0.1, 0.15) is 5.01 Å². The topological polar surface area (TPSA) is 52.6 Å². The molecule has 1 aliphatic heterocycles. The molecule has 2 heterocycles. The highest BCUT2D eigenvalue weighted by Gasteiger charge is 2.27. The molecule has 1 aliphatic carbocycles. The van der Waals surface area contributed by atoms with Crippen molar-refractivity contribution in [3.8, 4) is 0 Å². The number of aliphatic imine (C=N–C) groups is 1. The molecule has 2 N–H and O–H groups in total. The van der Waals surface area contributed by atoms with Gasteiger partial charge in [-0.1, -0.05) is 26.7 Å². The molecule has 1 aromatic rings. The normalized spacial score (nSPS) is 20.9. The number of nitrogens with zero attached hydrogens (tertiary/aromatic N) is 3. The van der Waals surface area contributed by atoms with Gasteiger partial charge in [0.15, 0.2) is 5.96 Å². The van der Waals surface area contributed by atoms with Gasteiger partial charge in [-0.3, -0.25) is 4.99 Å². The molecule has 1 saturated carbocycles. The Hall–Kier alpha value is -1.14. The SMILES string of the molecule is CN=C(NCc1nc(C(C)C)c(C)s1)NC1CCN(C2CCCC2)CC1. The molecule has 3 rings (SSSR count). The van der Waals surface area contributed by atoms with Gasteiger partial charge in [-0.2, -0.15) is 0 Å². The Bertz CT molecular complexity index is 595. The molecule has 146 valence electrons. The monoisotopic (exact) mass is 377 g/mol. The summed E-state index contributed by atoms with van der Waals surface area (Å²) in [6, 6.07) is 1.39. The zero-order chi connectivity index (χ0) is 18.5. The van der Waals surface area contributed by atoms with E-state index in [9.17, 15) is 0 Å². The van der Waals surface area contributed by atoms with Crippen LogP contribution in [0.3, 0.4) is 0 Å². The standard InChI is InChI=1S/C20H35N5S/c1-14(2)19-15(3)26-18(24-19)13-22-20(21-4)23-16-9-11-25(12-10-16)17-7-5-6-8-17/h14,16-17H,5-13H2,1-4H3,(H2,21,22,23). The summed E-state index contributed by atoms with van der Waals surface area (Å²) in [5.74, 6) is 1.39. The minimum absolute atomic E-state index is 0.488. The number of rotatable bonds is 5. The summed E-state index contributed by atoms with van der Waals surface area (Å²) >= 11 is 1.79. The summed E-state index contributed by atoms with van der Waals surface area (Å²) in [6.07, 6.45) is 8.10. The van der Waals surface area contributed by atoms with Crippen LogP contribution in [0.5, 0.6) is 0 Å². The summed E-state index contributed by atoms with van der Waals surface area (Å²) in [7, 11) is 1.86. The fraction of sp³-hybridized carbons (Fsp3) is 0.800. The molecule has 26 heavy (non-hydrogen) atoms. The largest absolute Gasteiger partial charge is 0.354 e. The third kappa shape index (κ3) is 4.97. The predicted octanol–water partition coefficient (Wildman–Crippen LogP) is 3.65. The van der Waals surface area contributed by atoms with Crippen molar-refractivity contribution in [1.82, 2.24) is 20.5 Å². The van der Waals surface area contributed by atoms with Crippen molar-refractivity contribution in [3.63, 3.8) is 0 Å². The summed E-state index contributed by atoms with van der Waals surface area (Å²) in [5.41, 5.74) is 1.23. The molecule has 5 nitrogen and oxygen atoms in total. The third-order valence-electron chi connectivity index (χ3n) is 5.77. The number of hydrogen-bond donors (Lipinski definition) is 2. The molecule has 1 aromatic heterocycles. The van der Waals surface area contributed by atoms with E-state index in [1.54, 1.807) is 11.3 Å². The van der Waals surface area contributed by atoms with Crippen LogP contribution in [-0.4, -0.2) is 48.1 Å². The zero-order valence-electron chi connectivity index (χ0n) is 16.8. The molecule has 2 aliphatic rings. The number of nitrogens with one attached hydrogen (secondary N) is 2. The van der Waals surface area contributed by atoms with Crippen molar-refractivity contribution in [3.05, 3.63) is 15.6 Å². The maximum atomic E-state index is 4.78. The number of aryl methyl sites for hydroxylation is 1. The minimum Gasteiger partial charge on any atom is -0.354 e. The number of likely N-dealkylation sites (tertiary alicyclic amines) is 1. The second-order valence-corrected chi connectivity index (χ2v) is 9.31. The molecule has 2 fully saturated rings. The van der Waals surface area contributed by atoms with Gasteiger partial charge in [0, 0.05) is 37.1 Å². The first-order chi connectivity index (χ1) is 12.6. The number of guanidine groups is 1. The first-order valence-electron chi connectivity index (χ1n) is 10.2. The van der Waals surface area contributed by atoms with Crippen LogP contribution in [0.1, 0.15) is 73.9 Å². The number of thiazole rings is 1. The van der Waals surface area contributed by atoms with E-state index in [1.165, 1.54) is 62.2 Å². The first kappa shape index (κ1) is 19.6. The van der Waals surface area contributed by atoms with Gasteiger partial charge >= 0.3 is 0 Å². The Morgan fingerprint density at radius 2 is 1.92 bits per heavy atom. The minimum atomic E-state index is 0.488. The molecule has 0 bridgehead atoms. The molecule has 0 aromatic carbocycles. The highest BCUT2D eigenvalue weighted by Crippen LogP contribution is 2.26.